The molecule has 0 saturated carbocycles. The lowest BCUT2D eigenvalue weighted by atomic mass is 9.89. The molecule has 1 fully saturated rings. The quantitative estimate of drug-likeness (QED) is 0.432. The first-order valence-corrected chi connectivity index (χ1v) is 13.4. The van der Waals surface area contributed by atoms with Crippen molar-refractivity contribution in [1.82, 2.24) is 20.2 Å². The average molecular weight is 534 g/mol. The molecule has 1 atom stereocenters. The van der Waals surface area contributed by atoms with Gasteiger partial charge in [0.1, 0.15) is 6.54 Å². The van der Waals surface area contributed by atoms with Crippen LogP contribution in [-0.2, 0) is 21.6 Å². The number of hydrogen-bond donors (Lipinski definition) is 2. The summed E-state index contributed by atoms with van der Waals surface area (Å²) >= 11 is 6.46. The lowest BCUT2D eigenvalue weighted by Gasteiger charge is -2.31. The monoisotopic (exact) mass is 533 g/mol. The molecule has 2 N–H and O–H groups in total. The molecule has 9 heteroatoms. The summed E-state index contributed by atoms with van der Waals surface area (Å²) in [5.41, 5.74) is 3.24. The van der Waals surface area contributed by atoms with Crippen LogP contribution in [0.15, 0.2) is 54.7 Å². The van der Waals surface area contributed by atoms with E-state index in [0.717, 1.165) is 36.0 Å². The molecular formula is C29H32ClN5O3. The first kappa shape index (κ1) is 26.1. The number of benzene rings is 2. The number of carbonyl (C=O) groups is 2. The second-order valence-electron chi connectivity index (χ2n) is 10.1. The number of rotatable bonds is 8. The maximum absolute atomic E-state index is 13.3. The van der Waals surface area contributed by atoms with Crippen molar-refractivity contribution < 1.29 is 14.3 Å². The van der Waals surface area contributed by atoms with Crippen LogP contribution in [0.4, 0.5) is 5.95 Å². The lowest BCUT2D eigenvalue weighted by molar-refractivity contribution is -0.123. The number of aromatic nitrogens is 2. The van der Waals surface area contributed by atoms with Crippen LogP contribution in [0.1, 0.15) is 54.6 Å². The molecule has 3 heterocycles. The molecule has 1 saturated heterocycles. The van der Waals surface area contributed by atoms with Gasteiger partial charge in [0, 0.05) is 36.9 Å². The third-order valence-corrected chi connectivity index (χ3v) is 7.71. The van der Waals surface area contributed by atoms with Gasteiger partial charge in [-0.2, -0.15) is 0 Å². The van der Waals surface area contributed by atoms with Gasteiger partial charge in [-0.25, -0.2) is 9.97 Å². The molecule has 1 unspecified atom stereocenters. The Morgan fingerprint density at radius 3 is 2.68 bits per heavy atom. The van der Waals surface area contributed by atoms with E-state index < -0.39 is 5.54 Å². The van der Waals surface area contributed by atoms with E-state index in [4.69, 9.17) is 16.3 Å². The average Bonchev–Trinajstić information content (AvgIpc) is 3.24. The van der Waals surface area contributed by atoms with Gasteiger partial charge in [-0.3, -0.25) is 9.59 Å². The molecule has 2 aliphatic heterocycles. The fraction of sp³-hybridized carbons (Fsp3) is 0.379. The number of carbonyl (C=O) groups excluding carboxylic acids is 2. The summed E-state index contributed by atoms with van der Waals surface area (Å²) in [4.78, 5) is 36.9. The predicted octanol–water partition coefficient (Wildman–Crippen LogP) is 4.79. The van der Waals surface area contributed by atoms with Crippen LogP contribution in [0.5, 0.6) is 0 Å². The Bertz CT molecular complexity index is 1330. The van der Waals surface area contributed by atoms with Gasteiger partial charge in [0.2, 0.25) is 11.9 Å². The second kappa shape index (κ2) is 11.1. The zero-order chi connectivity index (χ0) is 26.7. The molecular weight excluding hydrogens is 502 g/mol. The molecule has 0 aliphatic carbocycles. The molecule has 2 aromatic carbocycles. The molecule has 38 heavy (non-hydrogen) atoms. The Labute approximate surface area is 227 Å². The predicted molar refractivity (Wildman–Crippen MR) is 147 cm³/mol. The van der Waals surface area contributed by atoms with Gasteiger partial charge in [0.25, 0.3) is 5.91 Å². The van der Waals surface area contributed by atoms with Gasteiger partial charge in [-0.05, 0) is 43.4 Å². The maximum atomic E-state index is 13.3. The number of nitrogens with zero attached hydrogens (tertiary/aromatic N) is 3. The van der Waals surface area contributed by atoms with Crippen molar-refractivity contribution in [2.24, 2.45) is 0 Å². The molecule has 1 aromatic heterocycles. The van der Waals surface area contributed by atoms with E-state index in [-0.39, 0.29) is 24.4 Å². The highest BCUT2D eigenvalue weighted by Crippen LogP contribution is 2.32. The van der Waals surface area contributed by atoms with E-state index in [9.17, 15) is 9.59 Å². The molecule has 8 nitrogen and oxygen atoms in total. The van der Waals surface area contributed by atoms with Crippen molar-refractivity contribution in [2.45, 2.75) is 51.2 Å². The lowest BCUT2D eigenvalue weighted by Crippen LogP contribution is -2.47. The van der Waals surface area contributed by atoms with Gasteiger partial charge in [-0.15, -0.1) is 0 Å². The van der Waals surface area contributed by atoms with Crippen LogP contribution >= 0.6 is 11.6 Å². The van der Waals surface area contributed by atoms with Crippen LogP contribution in [0.2, 0.25) is 5.02 Å². The Kier molecular flexibility index (Phi) is 7.63. The molecule has 3 aromatic rings. The van der Waals surface area contributed by atoms with Gasteiger partial charge in [0.15, 0.2) is 0 Å². The smallest absolute Gasteiger partial charge is 0.254 e. The Morgan fingerprint density at radius 1 is 1.18 bits per heavy atom. The van der Waals surface area contributed by atoms with E-state index in [1.807, 2.05) is 62.4 Å². The van der Waals surface area contributed by atoms with Gasteiger partial charge >= 0.3 is 0 Å². The van der Waals surface area contributed by atoms with Gasteiger partial charge in [0.05, 0.1) is 22.5 Å². The highest BCUT2D eigenvalue weighted by molar-refractivity contribution is 6.33. The normalized spacial score (nSPS) is 17.1. The number of halogens is 1. The third kappa shape index (κ3) is 5.51. The fourth-order valence-corrected chi connectivity index (χ4v) is 5.19. The minimum atomic E-state index is -0.513. The van der Waals surface area contributed by atoms with Crippen LogP contribution in [-0.4, -0.2) is 52.5 Å². The van der Waals surface area contributed by atoms with E-state index in [2.05, 4.69) is 20.6 Å². The maximum Gasteiger partial charge on any atom is 0.254 e. The summed E-state index contributed by atoms with van der Waals surface area (Å²) in [7, 11) is 0. The van der Waals surface area contributed by atoms with E-state index in [1.165, 1.54) is 0 Å². The summed E-state index contributed by atoms with van der Waals surface area (Å²) in [6.45, 7) is 5.83. The fourth-order valence-electron chi connectivity index (χ4n) is 4.99. The molecule has 0 spiro atoms. The van der Waals surface area contributed by atoms with Gasteiger partial charge < -0.3 is 20.3 Å². The Morgan fingerprint density at radius 2 is 1.95 bits per heavy atom. The minimum Gasteiger partial charge on any atom is -0.381 e. The molecule has 2 amide bonds. The number of hydrogen-bond acceptors (Lipinski definition) is 6. The highest BCUT2D eigenvalue weighted by atomic mass is 35.5. The molecule has 198 valence electrons. The standard InChI is InChI=1S/C29H32ClN5O3/c1-3-29(2,21-7-5-4-6-8-21)34-25(36)18-35-17-20-10-9-19(15-23(20)27(35)37)26-24(30)16-31-28(33-26)32-22-11-13-38-14-12-22/h4-10,15-16,22H,3,11-14,17-18H2,1-2H3,(H,34,36)(H,31,32,33). The van der Waals surface area contributed by atoms with Crippen molar-refractivity contribution in [1.29, 1.82) is 0 Å². The topological polar surface area (TPSA) is 96.5 Å². The third-order valence-electron chi connectivity index (χ3n) is 7.43. The number of nitrogens with one attached hydrogen (secondary N) is 2. The van der Waals surface area contributed by atoms with Gasteiger partial charge in [-0.1, -0.05) is 61.0 Å². The first-order chi connectivity index (χ1) is 18.4. The number of anilines is 1. The molecule has 0 radical (unpaired) electrons. The number of ether oxygens (including phenoxy) is 1. The SMILES string of the molecule is CCC(C)(NC(=O)CN1Cc2ccc(-c3nc(NC4CCOCC4)ncc3Cl)cc2C1=O)c1ccccc1. The van der Waals surface area contributed by atoms with Crippen molar-refractivity contribution >= 4 is 29.4 Å². The summed E-state index contributed by atoms with van der Waals surface area (Å²) in [6.07, 6.45) is 4.09. The van der Waals surface area contributed by atoms with E-state index in [1.54, 1.807) is 11.1 Å². The largest absolute Gasteiger partial charge is 0.381 e. The second-order valence-corrected chi connectivity index (χ2v) is 10.5. The molecule has 0 bridgehead atoms. The summed E-state index contributed by atoms with van der Waals surface area (Å²) in [5.74, 6) is 0.127. The van der Waals surface area contributed by atoms with Crippen molar-refractivity contribution in [3.63, 3.8) is 0 Å². The highest BCUT2D eigenvalue weighted by Gasteiger charge is 2.32. The summed E-state index contributed by atoms with van der Waals surface area (Å²) < 4.78 is 5.42. The summed E-state index contributed by atoms with van der Waals surface area (Å²) in [5, 5.41) is 6.90. The molecule has 5 rings (SSSR count). The zero-order valence-electron chi connectivity index (χ0n) is 21.7. The van der Waals surface area contributed by atoms with Crippen LogP contribution < -0.4 is 10.6 Å². The van der Waals surface area contributed by atoms with E-state index >= 15 is 0 Å². The zero-order valence-corrected chi connectivity index (χ0v) is 22.4. The van der Waals surface area contributed by atoms with Crippen molar-refractivity contribution in [3.8, 4) is 11.3 Å². The Balaban J connectivity index is 1.29. The van der Waals surface area contributed by atoms with Crippen molar-refractivity contribution in [3.05, 3.63) is 76.4 Å². The van der Waals surface area contributed by atoms with Crippen molar-refractivity contribution in [2.75, 3.05) is 25.1 Å². The Hall–Kier alpha value is -3.49. The first-order valence-electron chi connectivity index (χ1n) is 13.0. The van der Waals surface area contributed by atoms with Crippen LogP contribution in [0, 0.1) is 0 Å². The number of amides is 2. The van der Waals surface area contributed by atoms with E-state index in [0.29, 0.717) is 42.0 Å². The van der Waals surface area contributed by atoms with Crippen LogP contribution in [0.3, 0.4) is 0 Å². The van der Waals surface area contributed by atoms with Crippen LogP contribution in [0.25, 0.3) is 11.3 Å². The summed E-state index contributed by atoms with van der Waals surface area (Å²) in [6, 6.07) is 15.8. The molecule has 2 aliphatic rings. The number of fused-ring (bicyclic) bond motifs is 1. The minimum absolute atomic E-state index is 0.0152.